The second-order valence-corrected chi connectivity index (χ2v) is 6.05. The van der Waals surface area contributed by atoms with Crippen LogP contribution in [0.25, 0.3) is 0 Å². The third-order valence-corrected chi connectivity index (χ3v) is 5.12. The van der Waals surface area contributed by atoms with E-state index in [9.17, 15) is 9.90 Å². The summed E-state index contributed by atoms with van der Waals surface area (Å²) in [4.78, 5) is 13.6. The molecule has 2 aliphatic heterocycles. The van der Waals surface area contributed by atoms with Crippen LogP contribution in [0.1, 0.15) is 39.0 Å². The molecule has 0 amide bonds. The molecule has 2 unspecified atom stereocenters. The molecule has 1 spiro atoms. The van der Waals surface area contributed by atoms with Gasteiger partial charge in [0.05, 0.1) is 19.1 Å². The molecule has 0 aromatic heterocycles. The predicted molar refractivity (Wildman–Crippen MR) is 68.8 cm³/mol. The van der Waals surface area contributed by atoms with Crippen molar-refractivity contribution in [2.45, 2.75) is 56.9 Å². The molecule has 3 aliphatic rings. The summed E-state index contributed by atoms with van der Waals surface area (Å²) in [6, 6.07) is 0.653. The second-order valence-electron chi connectivity index (χ2n) is 6.05. The fraction of sp³-hybridized carbons (Fsp3) is 0.929. The van der Waals surface area contributed by atoms with Crippen molar-refractivity contribution >= 4 is 5.97 Å². The van der Waals surface area contributed by atoms with E-state index in [0.29, 0.717) is 19.3 Å². The minimum Gasteiger partial charge on any atom is -0.481 e. The highest BCUT2D eigenvalue weighted by Gasteiger charge is 2.45. The van der Waals surface area contributed by atoms with E-state index >= 15 is 0 Å². The molecule has 5 nitrogen and oxygen atoms in total. The van der Waals surface area contributed by atoms with Gasteiger partial charge in [0, 0.05) is 24.9 Å². The van der Waals surface area contributed by atoms with Crippen LogP contribution in [-0.2, 0) is 14.3 Å². The molecule has 0 bridgehead atoms. The minimum atomic E-state index is -0.648. The standard InChI is InChI=1S/C14H23NO4/c1-10-12(13(16)17)4-7-15(10)11-2-5-14(6-3-11)18-8-9-19-14/h10-12H,2-9H2,1H3,(H,16,17). The van der Waals surface area contributed by atoms with Crippen molar-refractivity contribution in [3.8, 4) is 0 Å². The quantitative estimate of drug-likeness (QED) is 0.822. The summed E-state index contributed by atoms with van der Waals surface area (Å²) >= 11 is 0. The van der Waals surface area contributed by atoms with Gasteiger partial charge in [-0.1, -0.05) is 0 Å². The number of likely N-dealkylation sites (tertiary alicyclic amines) is 1. The van der Waals surface area contributed by atoms with Crippen molar-refractivity contribution in [2.75, 3.05) is 19.8 Å². The maximum absolute atomic E-state index is 11.2. The van der Waals surface area contributed by atoms with Crippen LogP contribution < -0.4 is 0 Å². The first-order valence-electron chi connectivity index (χ1n) is 7.38. The van der Waals surface area contributed by atoms with Crippen LogP contribution in [0, 0.1) is 5.92 Å². The van der Waals surface area contributed by atoms with Gasteiger partial charge in [-0.3, -0.25) is 9.69 Å². The Labute approximate surface area is 113 Å². The van der Waals surface area contributed by atoms with Gasteiger partial charge in [-0.2, -0.15) is 0 Å². The van der Waals surface area contributed by atoms with E-state index in [2.05, 4.69) is 11.8 Å². The Balaban J connectivity index is 1.58. The molecular weight excluding hydrogens is 246 g/mol. The fourth-order valence-corrected chi connectivity index (χ4v) is 3.97. The van der Waals surface area contributed by atoms with Crippen LogP contribution in [0.5, 0.6) is 0 Å². The molecule has 0 aromatic carbocycles. The fourth-order valence-electron chi connectivity index (χ4n) is 3.97. The lowest BCUT2D eigenvalue weighted by molar-refractivity contribution is -0.184. The zero-order chi connectivity index (χ0) is 13.5. The van der Waals surface area contributed by atoms with Gasteiger partial charge in [0.1, 0.15) is 0 Å². The highest BCUT2D eigenvalue weighted by molar-refractivity contribution is 5.71. The van der Waals surface area contributed by atoms with E-state index < -0.39 is 5.97 Å². The van der Waals surface area contributed by atoms with Crippen molar-refractivity contribution in [3.05, 3.63) is 0 Å². The minimum absolute atomic E-state index is 0.155. The number of carbonyl (C=O) groups is 1. The molecule has 0 aromatic rings. The number of aliphatic carboxylic acids is 1. The van der Waals surface area contributed by atoms with E-state index in [4.69, 9.17) is 9.47 Å². The number of carboxylic acid groups (broad SMARTS) is 1. The first-order chi connectivity index (χ1) is 9.11. The van der Waals surface area contributed by atoms with Crippen molar-refractivity contribution in [3.63, 3.8) is 0 Å². The molecule has 0 radical (unpaired) electrons. The smallest absolute Gasteiger partial charge is 0.308 e. The Morgan fingerprint density at radius 2 is 1.84 bits per heavy atom. The van der Waals surface area contributed by atoms with Gasteiger partial charge >= 0.3 is 5.97 Å². The van der Waals surface area contributed by atoms with Gasteiger partial charge in [-0.05, 0) is 32.7 Å². The van der Waals surface area contributed by atoms with Crippen molar-refractivity contribution < 1.29 is 19.4 Å². The second kappa shape index (κ2) is 5.04. The summed E-state index contributed by atoms with van der Waals surface area (Å²) in [6.07, 6.45) is 4.77. The number of hydrogen-bond donors (Lipinski definition) is 1. The van der Waals surface area contributed by atoms with Gasteiger partial charge in [0.2, 0.25) is 0 Å². The molecule has 5 heteroatoms. The topological polar surface area (TPSA) is 59.0 Å². The highest BCUT2D eigenvalue weighted by atomic mass is 16.7. The number of hydrogen-bond acceptors (Lipinski definition) is 4. The predicted octanol–water partition coefficient (Wildman–Crippen LogP) is 1.47. The number of ether oxygens (including phenoxy) is 2. The lowest BCUT2D eigenvalue weighted by Crippen LogP contribution is -2.46. The molecule has 19 heavy (non-hydrogen) atoms. The average molecular weight is 269 g/mol. The summed E-state index contributed by atoms with van der Waals surface area (Å²) in [5.41, 5.74) is 0. The van der Waals surface area contributed by atoms with Crippen molar-refractivity contribution in [2.24, 2.45) is 5.92 Å². The zero-order valence-corrected chi connectivity index (χ0v) is 11.5. The summed E-state index contributed by atoms with van der Waals surface area (Å²) in [7, 11) is 0. The Morgan fingerprint density at radius 3 is 2.37 bits per heavy atom. The molecular formula is C14H23NO4. The molecule has 108 valence electrons. The van der Waals surface area contributed by atoms with E-state index in [1.165, 1.54) is 0 Å². The van der Waals surface area contributed by atoms with Crippen molar-refractivity contribution in [1.82, 2.24) is 4.90 Å². The first kappa shape index (κ1) is 13.3. The van der Waals surface area contributed by atoms with Crippen molar-refractivity contribution in [1.29, 1.82) is 0 Å². The third-order valence-electron chi connectivity index (χ3n) is 5.12. The maximum atomic E-state index is 11.2. The van der Waals surface area contributed by atoms with Crippen LogP contribution >= 0.6 is 0 Å². The Morgan fingerprint density at radius 1 is 1.21 bits per heavy atom. The molecule has 3 fully saturated rings. The largest absolute Gasteiger partial charge is 0.481 e. The molecule has 3 rings (SSSR count). The van der Waals surface area contributed by atoms with Gasteiger partial charge < -0.3 is 14.6 Å². The highest BCUT2D eigenvalue weighted by Crippen LogP contribution is 2.39. The van der Waals surface area contributed by atoms with Crippen LogP contribution in [0.2, 0.25) is 0 Å². The maximum Gasteiger partial charge on any atom is 0.308 e. The molecule has 2 heterocycles. The Kier molecular flexibility index (Phi) is 3.53. The zero-order valence-electron chi connectivity index (χ0n) is 11.5. The molecule has 2 saturated heterocycles. The first-order valence-corrected chi connectivity index (χ1v) is 7.38. The van der Waals surface area contributed by atoms with Gasteiger partial charge in [0.15, 0.2) is 5.79 Å². The van der Waals surface area contributed by atoms with Gasteiger partial charge in [0.25, 0.3) is 0 Å². The molecule has 2 atom stereocenters. The molecule has 1 saturated carbocycles. The summed E-state index contributed by atoms with van der Waals surface area (Å²) < 4.78 is 11.5. The molecule has 1 aliphatic carbocycles. The number of rotatable bonds is 2. The summed E-state index contributed by atoms with van der Waals surface area (Å²) in [5, 5.41) is 9.20. The monoisotopic (exact) mass is 269 g/mol. The van der Waals surface area contributed by atoms with Crippen LogP contribution in [0.15, 0.2) is 0 Å². The lowest BCUT2D eigenvalue weighted by atomic mass is 9.88. The summed E-state index contributed by atoms with van der Waals surface area (Å²) in [6.45, 7) is 4.40. The Bertz CT molecular complexity index is 343. The van der Waals surface area contributed by atoms with Crippen LogP contribution in [0.3, 0.4) is 0 Å². The van der Waals surface area contributed by atoms with Gasteiger partial charge in [-0.15, -0.1) is 0 Å². The van der Waals surface area contributed by atoms with E-state index in [1.807, 2.05) is 0 Å². The lowest BCUT2D eigenvalue weighted by Gasteiger charge is -2.40. The normalized spacial score (nSPS) is 36.1. The van der Waals surface area contributed by atoms with Gasteiger partial charge in [-0.25, -0.2) is 0 Å². The Hall–Kier alpha value is -0.650. The third kappa shape index (κ3) is 2.39. The molecule has 1 N–H and O–H groups in total. The number of carboxylic acids is 1. The number of nitrogens with zero attached hydrogens (tertiary/aromatic N) is 1. The SMILES string of the molecule is CC1C(C(=O)O)CCN1C1CCC2(CC1)OCCO2. The van der Waals surface area contributed by atoms with Crippen LogP contribution in [-0.4, -0.2) is 53.6 Å². The van der Waals surface area contributed by atoms with E-state index in [0.717, 1.165) is 38.6 Å². The van der Waals surface area contributed by atoms with Crippen LogP contribution in [0.4, 0.5) is 0 Å². The van der Waals surface area contributed by atoms with E-state index in [1.54, 1.807) is 0 Å². The summed E-state index contributed by atoms with van der Waals surface area (Å²) in [5.74, 6) is -1.16. The average Bonchev–Trinajstić information content (AvgIpc) is 2.98. The van der Waals surface area contributed by atoms with E-state index in [-0.39, 0.29) is 17.7 Å².